The molecule has 0 saturated heterocycles. The van der Waals surface area contributed by atoms with Crippen LogP contribution in [0.3, 0.4) is 0 Å². The van der Waals surface area contributed by atoms with Crippen LogP contribution in [0.4, 0.5) is 0 Å². The summed E-state index contributed by atoms with van der Waals surface area (Å²) >= 11 is 0. The molecule has 0 atom stereocenters. The van der Waals surface area contributed by atoms with Crippen LogP contribution in [0.2, 0.25) is 0 Å². The van der Waals surface area contributed by atoms with E-state index in [1.165, 1.54) is 19.1 Å². The molecule has 5 heteroatoms. The maximum atomic E-state index is 10.9. The zero-order valence-corrected chi connectivity index (χ0v) is 7.60. The molecular weight excluding hydrogens is 223 g/mol. The van der Waals surface area contributed by atoms with Gasteiger partial charge in [0, 0.05) is 0 Å². The minimum atomic E-state index is -1.87. The van der Waals surface area contributed by atoms with Crippen molar-refractivity contribution in [3.05, 3.63) is 35.9 Å². The second-order valence-corrected chi connectivity index (χ2v) is 3.10. The molecule has 0 radical (unpaired) electrons. The van der Waals surface area contributed by atoms with E-state index in [2.05, 4.69) is 0 Å². The summed E-state index contributed by atoms with van der Waals surface area (Å²) in [6, 6.07) is 7.90. The molecule has 0 unspecified atom stereocenters. The number of carboxylic acid groups (broad SMARTS) is 2. The third-order valence-corrected chi connectivity index (χ3v) is 2.21. The quantitative estimate of drug-likeness (QED) is 0.588. The molecule has 1 rings (SSSR count). The number of rotatable bonds is 3. The van der Waals surface area contributed by atoms with E-state index in [1.54, 1.807) is 18.2 Å². The van der Waals surface area contributed by atoms with Crippen molar-refractivity contribution in [3.63, 3.8) is 0 Å². The van der Waals surface area contributed by atoms with E-state index >= 15 is 0 Å². The molecule has 0 amide bonds. The monoisotopic (exact) mass is 234 g/mol. The number of aliphatic carboxylic acids is 2. The number of hydrogen-bond acceptors (Lipinski definition) is 2. The summed E-state index contributed by atoms with van der Waals surface area (Å²) in [4.78, 5) is 21.8. The van der Waals surface area contributed by atoms with Crippen molar-refractivity contribution in [2.75, 3.05) is 0 Å². The molecule has 0 aliphatic rings. The molecule has 1 aromatic carbocycles. The summed E-state index contributed by atoms with van der Waals surface area (Å²) in [6.07, 6.45) is 0. The molecule has 0 saturated carbocycles. The molecular formula is C10H11KO4. The van der Waals surface area contributed by atoms with Gasteiger partial charge in [0.25, 0.3) is 0 Å². The van der Waals surface area contributed by atoms with Gasteiger partial charge in [-0.15, -0.1) is 0 Å². The van der Waals surface area contributed by atoms with E-state index in [0.717, 1.165) is 0 Å². The summed E-state index contributed by atoms with van der Waals surface area (Å²) in [6.45, 7) is 1.17. The minimum absolute atomic E-state index is 0. The molecule has 0 aromatic heterocycles. The summed E-state index contributed by atoms with van der Waals surface area (Å²) in [5, 5.41) is 17.8. The van der Waals surface area contributed by atoms with Gasteiger partial charge in [-0.1, -0.05) is 30.3 Å². The fraction of sp³-hybridized carbons (Fsp3) is 0.200. The molecule has 0 spiro atoms. The van der Waals surface area contributed by atoms with Gasteiger partial charge in [0.2, 0.25) is 0 Å². The molecule has 4 nitrogen and oxygen atoms in total. The van der Waals surface area contributed by atoms with Gasteiger partial charge in [-0.3, -0.25) is 9.59 Å². The van der Waals surface area contributed by atoms with Gasteiger partial charge in [0.1, 0.15) is 0 Å². The van der Waals surface area contributed by atoms with Gasteiger partial charge in [-0.25, -0.2) is 0 Å². The fourth-order valence-corrected chi connectivity index (χ4v) is 1.11. The van der Waals surface area contributed by atoms with Crippen LogP contribution >= 0.6 is 0 Å². The van der Waals surface area contributed by atoms with Crippen LogP contribution < -0.4 is 0 Å². The Kier molecular flexibility index (Phi) is 5.69. The van der Waals surface area contributed by atoms with E-state index in [9.17, 15) is 9.59 Å². The Morgan fingerprint density at radius 2 is 1.47 bits per heavy atom. The number of benzene rings is 1. The number of hydrogen-bond donors (Lipinski definition) is 2. The Morgan fingerprint density at radius 1 is 1.07 bits per heavy atom. The van der Waals surface area contributed by atoms with Crippen molar-refractivity contribution in [2.45, 2.75) is 12.3 Å². The summed E-state index contributed by atoms with van der Waals surface area (Å²) in [5.41, 5.74) is -1.61. The van der Waals surface area contributed by atoms with Crippen LogP contribution in [-0.2, 0) is 15.0 Å². The molecule has 1 aromatic rings. The SMILES string of the molecule is CC(C(=O)O)(C(=O)O)c1ccccc1.[KH]. The predicted molar refractivity (Wildman–Crippen MR) is 56.2 cm³/mol. The topological polar surface area (TPSA) is 74.6 Å². The number of carboxylic acids is 2. The van der Waals surface area contributed by atoms with Crippen LogP contribution in [0.1, 0.15) is 12.5 Å². The average Bonchev–Trinajstić information content (AvgIpc) is 2.17. The van der Waals surface area contributed by atoms with E-state index in [-0.39, 0.29) is 56.9 Å². The van der Waals surface area contributed by atoms with Crippen LogP contribution in [-0.4, -0.2) is 73.5 Å². The molecule has 0 fully saturated rings. The van der Waals surface area contributed by atoms with Crippen molar-refractivity contribution < 1.29 is 19.8 Å². The zero-order chi connectivity index (χ0) is 10.8. The third-order valence-electron chi connectivity index (χ3n) is 2.21. The molecule has 0 bridgehead atoms. The van der Waals surface area contributed by atoms with Gasteiger partial charge in [0.15, 0.2) is 5.41 Å². The van der Waals surface area contributed by atoms with Gasteiger partial charge < -0.3 is 10.2 Å². The van der Waals surface area contributed by atoms with Crippen molar-refractivity contribution in [3.8, 4) is 0 Å². The van der Waals surface area contributed by atoms with Gasteiger partial charge in [-0.2, -0.15) is 0 Å². The number of carbonyl (C=O) groups is 2. The van der Waals surface area contributed by atoms with E-state index < -0.39 is 17.4 Å². The first-order chi connectivity index (χ1) is 6.49. The van der Waals surface area contributed by atoms with Crippen molar-refractivity contribution in [1.82, 2.24) is 0 Å². The summed E-state index contributed by atoms with van der Waals surface area (Å²) < 4.78 is 0. The van der Waals surface area contributed by atoms with Crippen LogP contribution in [0.25, 0.3) is 0 Å². The average molecular weight is 234 g/mol. The maximum absolute atomic E-state index is 10.9. The molecule has 76 valence electrons. The summed E-state index contributed by atoms with van der Waals surface area (Å²) in [5.74, 6) is -2.73. The van der Waals surface area contributed by atoms with Gasteiger partial charge in [-0.05, 0) is 12.5 Å². The summed E-state index contributed by atoms with van der Waals surface area (Å²) in [7, 11) is 0. The Balaban J connectivity index is 0.00000196. The zero-order valence-electron chi connectivity index (χ0n) is 7.60. The first kappa shape index (κ1) is 14.8. The van der Waals surface area contributed by atoms with Gasteiger partial charge >= 0.3 is 63.3 Å². The molecule has 0 aliphatic heterocycles. The predicted octanol–water partition coefficient (Wildman–Crippen LogP) is 0.465. The van der Waals surface area contributed by atoms with E-state index in [4.69, 9.17) is 10.2 Å². The molecule has 15 heavy (non-hydrogen) atoms. The van der Waals surface area contributed by atoms with Crippen molar-refractivity contribution in [2.24, 2.45) is 0 Å². The Morgan fingerprint density at radius 3 is 1.80 bits per heavy atom. The van der Waals surface area contributed by atoms with Crippen LogP contribution in [0.5, 0.6) is 0 Å². The van der Waals surface area contributed by atoms with E-state index in [1.807, 2.05) is 0 Å². The normalized spacial score (nSPS) is 10.2. The van der Waals surface area contributed by atoms with Crippen LogP contribution in [0.15, 0.2) is 30.3 Å². The molecule has 0 heterocycles. The van der Waals surface area contributed by atoms with Crippen LogP contribution in [0, 0.1) is 0 Å². The first-order valence-electron chi connectivity index (χ1n) is 4.02. The van der Waals surface area contributed by atoms with E-state index in [0.29, 0.717) is 0 Å². The molecule has 2 N–H and O–H groups in total. The second kappa shape index (κ2) is 5.76. The fourth-order valence-electron chi connectivity index (χ4n) is 1.11. The Hall–Kier alpha value is -0.204. The third kappa shape index (κ3) is 2.88. The Labute approximate surface area is 130 Å². The van der Waals surface area contributed by atoms with Crippen molar-refractivity contribution in [1.29, 1.82) is 0 Å². The Bertz CT molecular complexity index is 347. The second-order valence-electron chi connectivity index (χ2n) is 3.10. The van der Waals surface area contributed by atoms with Crippen molar-refractivity contribution >= 4 is 63.3 Å². The first-order valence-corrected chi connectivity index (χ1v) is 4.02. The standard InChI is InChI=1S/C10H10O4.K.H/c1-10(8(11)12,9(13)14)7-5-3-2-4-6-7;;/h2-6H,1H3,(H,11,12)(H,13,14);;. The molecule has 0 aliphatic carbocycles. The van der Waals surface area contributed by atoms with Gasteiger partial charge in [0.05, 0.1) is 0 Å².